The second-order valence-corrected chi connectivity index (χ2v) is 11.0. The second kappa shape index (κ2) is 11.6. The Bertz CT molecular complexity index is 1210. The minimum atomic E-state index is 0.0255. The molecule has 7 nitrogen and oxygen atoms in total. The molecule has 1 aromatic carbocycles. The lowest BCUT2D eigenvalue weighted by Crippen LogP contribution is -2.38. The van der Waals surface area contributed by atoms with Crippen molar-refractivity contribution in [2.75, 3.05) is 19.6 Å². The molecule has 5 rings (SSSR count). The molecular formula is C30H41N5O2. The number of nitrogens with one attached hydrogen (secondary N) is 1. The highest BCUT2D eigenvalue weighted by Gasteiger charge is 2.25. The van der Waals surface area contributed by atoms with E-state index in [4.69, 9.17) is 9.72 Å². The van der Waals surface area contributed by atoms with E-state index >= 15 is 0 Å². The van der Waals surface area contributed by atoms with Crippen LogP contribution in [-0.4, -0.2) is 57.4 Å². The lowest BCUT2D eigenvalue weighted by Gasteiger charge is -2.30. The van der Waals surface area contributed by atoms with Gasteiger partial charge in [-0.25, -0.2) is 4.98 Å². The van der Waals surface area contributed by atoms with Gasteiger partial charge in [0.05, 0.1) is 17.2 Å². The average Bonchev–Trinajstić information content (AvgIpc) is 3.17. The van der Waals surface area contributed by atoms with E-state index in [1.807, 2.05) is 37.5 Å². The number of aryl methyl sites for hydroxylation is 1. The molecule has 3 aromatic rings. The molecule has 1 N–H and O–H groups in total. The predicted molar refractivity (Wildman–Crippen MR) is 147 cm³/mol. The minimum absolute atomic E-state index is 0.0255. The highest BCUT2D eigenvalue weighted by molar-refractivity contribution is 6.06. The molecule has 1 amide bonds. The van der Waals surface area contributed by atoms with Crippen LogP contribution in [0.15, 0.2) is 36.5 Å². The zero-order chi connectivity index (χ0) is 25.8. The highest BCUT2D eigenvalue weighted by atomic mass is 16.5. The van der Waals surface area contributed by atoms with Crippen LogP contribution in [0.3, 0.4) is 0 Å². The van der Waals surface area contributed by atoms with E-state index in [0.717, 1.165) is 80.0 Å². The van der Waals surface area contributed by atoms with Crippen molar-refractivity contribution in [3.8, 4) is 5.88 Å². The van der Waals surface area contributed by atoms with Crippen LogP contribution in [0.4, 0.5) is 0 Å². The van der Waals surface area contributed by atoms with Crippen LogP contribution >= 0.6 is 0 Å². The maximum absolute atomic E-state index is 13.0. The molecule has 0 spiro atoms. The molecule has 7 heteroatoms. The van der Waals surface area contributed by atoms with Crippen molar-refractivity contribution in [1.29, 1.82) is 0 Å². The Morgan fingerprint density at radius 2 is 1.95 bits per heavy atom. The van der Waals surface area contributed by atoms with Crippen LogP contribution in [0.25, 0.3) is 10.9 Å². The van der Waals surface area contributed by atoms with Crippen LogP contribution < -0.4 is 10.1 Å². The first-order chi connectivity index (χ1) is 18.0. The number of nitrogens with zero attached hydrogens (tertiary/aromatic N) is 4. The predicted octanol–water partition coefficient (Wildman–Crippen LogP) is 4.93. The Morgan fingerprint density at radius 3 is 2.76 bits per heavy atom. The molecule has 0 bridgehead atoms. The summed E-state index contributed by atoms with van der Waals surface area (Å²) in [6, 6.07) is 10.3. The quantitative estimate of drug-likeness (QED) is 0.472. The Hall–Kier alpha value is -2.93. The number of carbonyl (C=O) groups is 1. The smallest absolute Gasteiger partial charge is 0.252 e. The first kappa shape index (κ1) is 25.7. The maximum Gasteiger partial charge on any atom is 0.252 e. The minimum Gasteiger partial charge on any atom is -0.475 e. The van der Waals surface area contributed by atoms with Crippen LogP contribution in [0.5, 0.6) is 5.88 Å². The number of rotatable bonds is 8. The number of hydrogen-bond donors (Lipinski definition) is 1. The highest BCUT2D eigenvalue weighted by Crippen LogP contribution is 2.28. The second-order valence-electron chi connectivity index (χ2n) is 11.0. The number of pyridine rings is 1. The first-order valence-corrected chi connectivity index (χ1v) is 14.1. The Morgan fingerprint density at radius 1 is 1.14 bits per heavy atom. The lowest BCUT2D eigenvalue weighted by molar-refractivity contribution is 0.0921. The molecule has 2 aromatic heterocycles. The fraction of sp³-hybridized carbons (Fsp3) is 0.567. The number of amides is 1. The van der Waals surface area contributed by atoms with Crippen molar-refractivity contribution in [2.24, 2.45) is 13.0 Å². The maximum atomic E-state index is 13.0. The SMILES string of the molecule is CC[C@@H](C)Oc1ccc2c(n1)CCN(CC[C@H]1CC[C@H](NC(=O)c3cccc4nn(C)cc34)CC1)CC2. The Balaban J connectivity index is 1.06. The van der Waals surface area contributed by atoms with E-state index in [-0.39, 0.29) is 18.1 Å². The number of benzene rings is 1. The summed E-state index contributed by atoms with van der Waals surface area (Å²) in [5.74, 6) is 1.54. The van der Waals surface area contributed by atoms with Crippen molar-refractivity contribution in [3.05, 3.63) is 53.3 Å². The Kier molecular flexibility index (Phi) is 8.08. The lowest BCUT2D eigenvalue weighted by atomic mass is 9.84. The van der Waals surface area contributed by atoms with Gasteiger partial charge in [0.2, 0.25) is 5.88 Å². The molecule has 1 aliphatic carbocycles. The van der Waals surface area contributed by atoms with E-state index in [9.17, 15) is 4.79 Å². The van der Waals surface area contributed by atoms with Gasteiger partial charge in [-0.05, 0) is 82.0 Å². The van der Waals surface area contributed by atoms with E-state index in [0.29, 0.717) is 0 Å². The van der Waals surface area contributed by atoms with E-state index in [1.54, 1.807) is 4.68 Å². The molecule has 1 aliphatic heterocycles. The third kappa shape index (κ3) is 6.32. The van der Waals surface area contributed by atoms with Crippen molar-refractivity contribution < 1.29 is 9.53 Å². The summed E-state index contributed by atoms with van der Waals surface area (Å²) in [6.45, 7) is 7.55. The zero-order valence-corrected chi connectivity index (χ0v) is 22.6. The normalized spacial score (nSPS) is 21.3. The van der Waals surface area contributed by atoms with Crippen LogP contribution in [-0.2, 0) is 19.9 Å². The van der Waals surface area contributed by atoms with Gasteiger partial charge in [-0.1, -0.05) is 19.1 Å². The standard InChI is InChI=1S/C30H41N5O2/c1-4-21(2)37-29-13-10-23-15-18-35(19-16-27(23)32-29)17-14-22-8-11-24(12-9-22)31-30(36)25-6-5-7-28-26(25)20-34(3)33-28/h5-7,10,13,20-22,24H,4,8-9,11-12,14-19H2,1-3H3,(H,31,36)/t21-,22-,24-/m1/s1. The van der Waals surface area contributed by atoms with E-state index in [1.165, 1.54) is 30.5 Å². The molecule has 0 unspecified atom stereocenters. The van der Waals surface area contributed by atoms with Crippen molar-refractivity contribution in [2.45, 2.75) is 77.4 Å². The topological polar surface area (TPSA) is 72.3 Å². The number of ether oxygens (including phenoxy) is 1. The van der Waals surface area contributed by atoms with E-state index in [2.05, 4.69) is 35.2 Å². The fourth-order valence-corrected chi connectivity index (χ4v) is 5.77. The molecule has 3 heterocycles. The first-order valence-electron chi connectivity index (χ1n) is 14.1. The molecule has 1 fully saturated rings. The number of carbonyl (C=O) groups excluding carboxylic acids is 1. The monoisotopic (exact) mass is 503 g/mol. The zero-order valence-electron chi connectivity index (χ0n) is 22.6. The summed E-state index contributed by atoms with van der Waals surface area (Å²) in [4.78, 5) is 20.4. The number of fused-ring (bicyclic) bond motifs is 2. The Labute approximate surface area is 220 Å². The fourth-order valence-electron chi connectivity index (χ4n) is 5.77. The largest absolute Gasteiger partial charge is 0.475 e. The third-order valence-corrected chi connectivity index (χ3v) is 8.25. The van der Waals surface area contributed by atoms with Gasteiger partial charge < -0.3 is 15.0 Å². The van der Waals surface area contributed by atoms with Gasteiger partial charge in [0.25, 0.3) is 5.91 Å². The number of hydrogen-bond acceptors (Lipinski definition) is 5. The molecule has 0 radical (unpaired) electrons. The van der Waals surface area contributed by atoms with Gasteiger partial charge in [-0.3, -0.25) is 9.48 Å². The summed E-state index contributed by atoms with van der Waals surface area (Å²) >= 11 is 0. The summed E-state index contributed by atoms with van der Waals surface area (Å²) in [5.41, 5.74) is 4.17. The van der Waals surface area contributed by atoms with Crippen molar-refractivity contribution in [3.63, 3.8) is 0 Å². The molecule has 37 heavy (non-hydrogen) atoms. The van der Waals surface area contributed by atoms with Gasteiger partial charge in [-0.2, -0.15) is 5.10 Å². The third-order valence-electron chi connectivity index (χ3n) is 8.25. The van der Waals surface area contributed by atoms with Crippen molar-refractivity contribution >= 4 is 16.8 Å². The van der Waals surface area contributed by atoms with Crippen molar-refractivity contribution in [1.82, 2.24) is 25.0 Å². The van der Waals surface area contributed by atoms with Gasteiger partial charge in [0, 0.05) is 55.9 Å². The van der Waals surface area contributed by atoms with Gasteiger partial charge in [0.15, 0.2) is 0 Å². The van der Waals surface area contributed by atoms with Gasteiger partial charge >= 0.3 is 0 Å². The van der Waals surface area contributed by atoms with Gasteiger partial charge in [0.1, 0.15) is 0 Å². The number of aromatic nitrogens is 3. The average molecular weight is 504 g/mol. The summed E-state index contributed by atoms with van der Waals surface area (Å²) in [6.07, 6.45) is 10.9. The molecule has 198 valence electrons. The van der Waals surface area contributed by atoms with Gasteiger partial charge in [-0.15, -0.1) is 0 Å². The summed E-state index contributed by atoms with van der Waals surface area (Å²) in [5, 5.41) is 8.65. The summed E-state index contributed by atoms with van der Waals surface area (Å²) in [7, 11) is 1.89. The summed E-state index contributed by atoms with van der Waals surface area (Å²) < 4.78 is 7.72. The van der Waals surface area contributed by atoms with Crippen LogP contribution in [0.2, 0.25) is 0 Å². The van der Waals surface area contributed by atoms with E-state index < -0.39 is 0 Å². The van der Waals surface area contributed by atoms with Crippen LogP contribution in [0, 0.1) is 5.92 Å². The van der Waals surface area contributed by atoms with Crippen LogP contribution in [0.1, 0.15) is 74.0 Å². The molecule has 1 atom stereocenters. The molecule has 2 aliphatic rings. The molecular weight excluding hydrogens is 462 g/mol. The molecule has 1 saturated carbocycles. The molecule has 0 saturated heterocycles.